The molecule has 0 bridgehead atoms. The van der Waals surface area contributed by atoms with E-state index in [1.165, 1.54) is 0 Å². The van der Waals surface area contributed by atoms with Gasteiger partial charge in [-0.1, -0.05) is 11.6 Å². The third-order valence-corrected chi connectivity index (χ3v) is 4.90. The summed E-state index contributed by atoms with van der Waals surface area (Å²) in [5.74, 6) is 0.545. The van der Waals surface area contributed by atoms with E-state index in [1.807, 2.05) is 35.8 Å². The molecule has 0 spiro atoms. The Kier molecular flexibility index (Phi) is 4.46. The summed E-state index contributed by atoms with van der Waals surface area (Å²) in [7, 11) is 4.09. The maximum absolute atomic E-state index is 13.1. The highest BCUT2D eigenvalue weighted by atomic mass is 35.5. The lowest BCUT2D eigenvalue weighted by Crippen LogP contribution is -2.37. The molecule has 1 aromatic carbocycles. The second-order valence-corrected chi connectivity index (χ2v) is 7.55. The maximum Gasteiger partial charge on any atom is 0.289 e. The summed E-state index contributed by atoms with van der Waals surface area (Å²) in [6, 6.07) is 9.10. The van der Waals surface area contributed by atoms with Gasteiger partial charge in [0.15, 0.2) is 5.76 Å². The predicted octanol–water partition coefficient (Wildman–Crippen LogP) is 3.12. The highest BCUT2D eigenvalue weighted by Crippen LogP contribution is 2.25. The highest BCUT2D eigenvalue weighted by Gasteiger charge is 2.28. The number of aromatic nitrogens is 2. The molecule has 0 unspecified atom stereocenters. The zero-order valence-corrected chi connectivity index (χ0v) is 15.6. The van der Waals surface area contributed by atoms with Crippen LogP contribution in [0.15, 0.2) is 40.9 Å². The van der Waals surface area contributed by atoms with Gasteiger partial charge in [-0.15, -0.1) is 0 Å². The Morgan fingerprint density at radius 3 is 2.96 bits per heavy atom. The van der Waals surface area contributed by atoms with Gasteiger partial charge < -0.3 is 14.2 Å². The number of furan rings is 1. The minimum atomic E-state index is -0.101. The zero-order chi connectivity index (χ0) is 18.3. The Labute approximate surface area is 156 Å². The fourth-order valence-electron chi connectivity index (χ4n) is 3.59. The molecule has 0 N–H and O–H groups in total. The van der Waals surface area contributed by atoms with Crippen molar-refractivity contribution in [2.45, 2.75) is 13.1 Å². The van der Waals surface area contributed by atoms with Gasteiger partial charge in [0.05, 0.1) is 12.2 Å². The number of fused-ring (bicyclic) bond motifs is 2. The molecular formula is C19H21ClN4O2. The standard InChI is InChI=1S/C19H21ClN4O2/c1-22(2)9-13-10-23(12-16-5-6-21-24(16)11-13)19(25)18-8-14-7-15(20)3-4-17(14)26-18/h3-8,13H,9-12H2,1-2H3/t13-/m0/s1. The number of halogens is 1. The lowest BCUT2D eigenvalue weighted by atomic mass is 10.1. The normalized spacial score (nSPS) is 17.5. The Balaban J connectivity index is 1.64. The zero-order valence-electron chi connectivity index (χ0n) is 14.9. The molecule has 7 heteroatoms. The molecule has 3 heterocycles. The number of benzene rings is 1. The highest BCUT2D eigenvalue weighted by molar-refractivity contribution is 6.31. The second kappa shape index (κ2) is 6.78. The van der Waals surface area contributed by atoms with E-state index in [2.05, 4.69) is 10.00 Å². The molecular weight excluding hydrogens is 352 g/mol. The summed E-state index contributed by atoms with van der Waals surface area (Å²) in [6.07, 6.45) is 1.79. The molecule has 3 aromatic rings. The molecule has 136 valence electrons. The van der Waals surface area contributed by atoms with Crippen LogP contribution in [-0.4, -0.2) is 52.7 Å². The Bertz CT molecular complexity index is 946. The number of nitrogens with zero attached hydrogens (tertiary/aromatic N) is 4. The van der Waals surface area contributed by atoms with Crippen molar-refractivity contribution in [1.82, 2.24) is 19.6 Å². The van der Waals surface area contributed by atoms with Crippen LogP contribution in [0.5, 0.6) is 0 Å². The van der Waals surface area contributed by atoms with Gasteiger partial charge in [0.25, 0.3) is 5.91 Å². The van der Waals surface area contributed by atoms with Crippen LogP contribution in [0.2, 0.25) is 5.02 Å². The van der Waals surface area contributed by atoms with E-state index in [0.29, 0.717) is 35.4 Å². The summed E-state index contributed by atoms with van der Waals surface area (Å²) in [5, 5.41) is 5.87. The molecule has 6 nitrogen and oxygen atoms in total. The van der Waals surface area contributed by atoms with Crippen molar-refractivity contribution < 1.29 is 9.21 Å². The van der Waals surface area contributed by atoms with Crippen LogP contribution < -0.4 is 0 Å². The Morgan fingerprint density at radius 2 is 2.15 bits per heavy atom. The molecule has 0 saturated carbocycles. The molecule has 0 radical (unpaired) electrons. The number of hydrogen-bond acceptors (Lipinski definition) is 4. The smallest absolute Gasteiger partial charge is 0.289 e. The van der Waals surface area contributed by atoms with Crippen LogP contribution in [0.3, 0.4) is 0 Å². The Hall–Kier alpha value is -2.31. The van der Waals surface area contributed by atoms with Crippen LogP contribution >= 0.6 is 11.6 Å². The minimum absolute atomic E-state index is 0.101. The van der Waals surface area contributed by atoms with E-state index in [-0.39, 0.29) is 5.91 Å². The topological polar surface area (TPSA) is 54.5 Å². The number of carbonyl (C=O) groups excluding carboxylic acids is 1. The monoisotopic (exact) mass is 372 g/mol. The molecule has 1 aliphatic heterocycles. The first-order chi connectivity index (χ1) is 12.5. The van der Waals surface area contributed by atoms with Crippen LogP contribution in [-0.2, 0) is 13.1 Å². The number of hydrogen-bond donors (Lipinski definition) is 0. The van der Waals surface area contributed by atoms with Crippen LogP contribution in [0, 0.1) is 5.92 Å². The van der Waals surface area contributed by atoms with Gasteiger partial charge in [-0.05, 0) is 44.4 Å². The average Bonchev–Trinajstić information content (AvgIpc) is 3.15. The van der Waals surface area contributed by atoms with Crippen molar-refractivity contribution in [3.8, 4) is 0 Å². The van der Waals surface area contributed by atoms with Gasteiger partial charge in [0, 0.05) is 42.2 Å². The lowest BCUT2D eigenvalue weighted by Gasteiger charge is -2.25. The fourth-order valence-corrected chi connectivity index (χ4v) is 3.78. The lowest BCUT2D eigenvalue weighted by molar-refractivity contribution is 0.0682. The van der Waals surface area contributed by atoms with Gasteiger partial charge in [-0.2, -0.15) is 5.10 Å². The molecule has 1 amide bonds. The first-order valence-corrected chi connectivity index (χ1v) is 9.01. The van der Waals surface area contributed by atoms with Crippen LogP contribution in [0.1, 0.15) is 16.2 Å². The quantitative estimate of drug-likeness (QED) is 0.708. The van der Waals surface area contributed by atoms with E-state index in [9.17, 15) is 4.79 Å². The van der Waals surface area contributed by atoms with E-state index in [4.69, 9.17) is 16.0 Å². The van der Waals surface area contributed by atoms with Crippen molar-refractivity contribution in [2.75, 3.05) is 27.2 Å². The molecule has 0 aliphatic carbocycles. The number of carbonyl (C=O) groups is 1. The summed E-state index contributed by atoms with van der Waals surface area (Å²) in [5.41, 5.74) is 1.71. The molecule has 0 saturated heterocycles. The SMILES string of the molecule is CN(C)C[C@H]1CN(C(=O)c2cc3cc(Cl)ccc3o2)Cc2ccnn2C1. The molecule has 26 heavy (non-hydrogen) atoms. The van der Waals surface area contributed by atoms with Crippen molar-refractivity contribution in [3.63, 3.8) is 0 Å². The first-order valence-electron chi connectivity index (χ1n) is 8.63. The van der Waals surface area contributed by atoms with Crippen LogP contribution in [0.25, 0.3) is 11.0 Å². The summed E-state index contributed by atoms with van der Waals surface area (Å²) in [6.45, 7) is 2.89. The minimum Gasteiger partial charge on any atom is -0.451 e. The summed E-state index contributed by atoms with van der Waals surface area (Å²) < 4.78 is 7.78. The van der Waals surface area contributed by atoms with Gasteiger partial charge in [-0.25, -0.2) is 0 Å². The van der Waals surface area contributed by atoms with E-state index in [0.717, 1.165) is 24.2 Å². The van der Waals surface area contributed by atoms with E-state index >= 15 is 0 Å². The van der Waals surface area contributed by atoms with Gasteiger partial charge in [-0.3, -0.25) is 9.48 Å². The van der Waals surface area contributed by atoms with Crippen molar-refractivity contribution in [1.29, 1.82) is 0 Å². The maximum atomic E-state index is 13.1. The van der Waals surface area contributed by atoms with E-state index in [1.54, 1.807) is 24.4 Å². The number of rotatable bonds is 3. The van der Waals surface area contributed by atoms with Gasteiger partial charge in [0.1, 0.15) is 5.58 Å². The van der Waals surface area contributed by atoms with Crippen molar-refractivity contribution in [2.24, 2.45) is 5.92 Å². The average molecular weight is 373 g/mol. The van der Waals surface area contributed by atoms with E-state index < -0.39 is 0 Å². The number of amides is 1. The van der Waals surface area contributed by atoms with Gasteiger partial charge in [0.2, 0.25) is 0 Å². The predicted molar refractivity (Wildman–Crippen MR) is 100 cm³/mol. The third kappa shape index (κ3) is 3.34. The second-order valence-electron chi connectivity index (χ2n) is 7.11. The molecule has 0 fully saturated rings. The third-order valence-electron chi connectivity index (χ3n) is 4.67. The summed E-state index contributed by atoms with van der Waals surface area (Å²) >= 11 is 6.04. The first kappa shape index (κ1) is 17.1. The van der Waals surface area contributed by atoms with Crippen molar-refractivity contribution in [3.05, 3.63) is 53.0 Å². The Morgan fingerprint density at radius 1 is 1.31 bits per heavy atom. The molecule has 4 rings (SSSR count). The van der Waals surface area contributed by atoms with Crippen LogP contribution in [0.4, 0.5) is 0 Å². The fraction of sp³-hybridized carbons (Fsp3) is 0.368. The summed E-state index contributed by atoms with van der Waals surface area (Å²) in [4.78, 5) is 17.1. The molecule has 2 aromatic heterocycles. The molecule has 1 aliphatic rings. The molecule has 1 atom stereocenters. The van der Waals surface area contributed by atoms with Crippen molar-refractivity contribution >= 4 is 28.5 Å². The van der Waals surface area contributed by atoms with Gasteiger partial charge >= 0.3 is 0 Å². The largest absolute Gasteiger partial charge is 0.451 e.